The second kappa shape index (κ2) is 13.0. The zero-order valence-electron chi connectivity index (χ0n) is 17.0. The van der Waals surface area contributed by atoms with Crippen molar-refractivity contribution in [2.24, 2.45) is 0 Å². The summed E-state index contributed by atoms with van der Waals surface area (Å²) in [4.78, 5) is 0. The molecule has 6 heteroatoms. The SMILES string of the molecule is COc1ccc(COC/C=C\[C@@H](O)C[C@H](O)COCc2ccc(OC)cc2)cc1. The van der Waals surface area contributed by atoms with Crippen LogP contribution >= 0.6 is 0 Å². The van der Waals surface area contributed by atoms with Gasteiger partial charge in [0.25, 0.3) is 0 Å². The molecule has 158 valence electrons. The molecule has 0 saturated heterocycles. The van der Waals surface area contributed by atoms with Crippen LogP contribution in [-0.4, -0.2) is 49.9 Å². The van der Waals surface area contributed by atoms with Gasteiger partial charge in [0.1, 0.15) is 11.5 Å². The minimum atomic E-state index is -0.751. The highest BCUT2D eigenvalue weighted by molar-refractivity contribution is 5.27. The molecule has 0 bridgehead atoms. The fourth-order valence-electron chi connectivity index (χ4n) is 2.64. The Morgan fingerprint density at radius 3 is 1.83 bits per heavy atom. The normalized spacial score (nSPS) is 13.4. The predicted molar refractivity (Wildman–Crippen MR) is 111 cm³/mol. The van der Waals surface area contributed by atoms with Crippen molar-refractivity contribution >= 4 is 0 Å². The lowest BCUT2D eigenvalue weighted by molar-refractivity contribution is 0.00827. The number of benzene rings is 2. The third-order valence-electron chi connectivity index (χ3n) is 4.25. The molecule has 0 unspecified atom stereocenters. The van der Waals surface area contributed by atoms with Gasteiger partial charge in [0, 0.05) is 6.42 Å². The minimum Gasteiger partial charge on any atom is -0.497 e. The molecule has 6 nitrogen and oxygen atoms in total. The maximum Gasteiger partial charge on any atom is 0.118 e. The van der Waals surface area contributed by atoms with Gasteiger partial charge in [-0.1, -0.05) is 36.4 Å². The first kappa shape index (κ1) is 22.9. The van der Waals surface area contributed by atoms with E-state index in [4.69, 9.17) is 18.9 Å². The van der Waals surface area contributed by atoms with Crippen molar-refractivity contribution in [2.75, 3.05) is 27.4 Å². The summed E-state index contributed by atoms with van der Waals surface area (Å²) >= 11 is 0. The van der Waals surface area contributed by atoms with Crippen molar-refractivity contribution < 1.29 is 29.2 Å². The van der Waals surface area contributed by atoms with E-state index in [1.807, 2.05) is 48.5 Å². The Labute approximate surface area is 172 Å². The summed E-state index contributed by atoms with van der Waals surface area (Å²) in [7, 11) is 3.25. The Morgan fingerprint density at radius 1 is 0.793 bits per heavy atom. The van der Waals surface area contributed by atoms with Crippen molar-refractivity contribution in [3.63, 3.8) is 0 Å². The Balaban J connectivity index is 1.57. The zero-order valence-corrected chi connectivity index (χ0v) is 17.0. The van der Waals surface area contributed by atoms with Crippen LogP contribution in [0.1, 0.15) is 17.5 Å². The van der Waals surface area contributed by atoms with Gasteiger partial charge in [-0.05, 0) is 35.4 Å². The molecule has 2 aromatic rings. The average Bonchev–Trinajstić information content (AvgIpc) is 2.74. The van der Waals surface area contributed by atoms with Gasteiger partial charge >= 0.3 is 0 Å². The van der Waals surface area contributed by atoms with Crippen LogP contribution < -0.4 is 9.47 Å². The summed E-state index contributed by atoms with van der Waals surface area (Å²) in [6.45, 7) is 1.41. The molecule has 0 heterocycles. The van der Waals surface area contributed by atoms with Crippen LogP contribution in [0.5, 0.6) is 11.5 Å². The summed E-state index contributed by atoms with van der Waals surface area (Å²) in [6, 6.07) is 15.2. The number of hydrogen-bond donors (Lipinski definition) is 2. The first-order valence-electron chi connectivity index (χ1n) is 9.55. The van der Waals surface area contributed by atoms with Gasteiger partial charge in [-0.15, -0.1) is 0 Å². The molecule has 0 spiro atoms. The molecule has 0 aliphatic heterocycles. The van der Waals surface area contributed by atoms with E-state index in [-0.39, 0.29) is 13.0 Å². The topological polar surface area (TPSA) is 77.4 Å². The Hall–Kier alpha value is -2.38. The van der Waals surface area contributed by atoms with Gasteiger partial charge < -0.3 is 29.2 Å². The van der Waals surface area contributed by atoms with Crippen LogP contribution in [0.3, 0.4) is 0 Å². The molecular weight excluding hydrogens is 372 g/mol. The highest BCUT2D eigenvalue weighted by atomic mass is 16.5. The quantitative estimate of drug-likeness (QED) is 0.396. The molecule has 2 rings (SSSR count). The highest BCUT2D eigenvalue weighted by Crippen LogP contribution is 2.13. The summed E-state index contributed by atoms with van der Waals surface area (Å²) in [5.74, 6) is 1.60. The lowest BCUT2D eigenvalue weighted by atomic mass is 10.1. The minimum absolute atomic E-state index is 0.158. The molecule has 29 heavy (non-hydrogen) atoms. The molecule has 0 aliphatic carbocycles. The van der Waals surface area contributed by atoms with Crippen LogP contribution in [0.25, 0.3) is 0 Å². The fraction of sp³-hybridized carbons (Fsp3) is 0.391. The molecule has 0 aliphatic rings. The van der Waals surface area contributed by atoms with Crippen molar-refractivity contribution in [1.82, 2.24) is 0 Å². The molecule has 2 aromatic carbocycles. The van der Waals surface area contributed by atoms with Crippen LogP contribution in [0.2, 0.25) is 0 Å². The first-order chi connectivity index (χ1) is 14.1. The Morgan fingerprint density at radius 2 is 1.31 bits per heavy atom. The van der Waals surface area contributed by atoms with Gasteiger partial charge in [-0.2, -0.15) is 0 Å². The van der Waals surface area contributed by atoms with Gasteiger partial charge in [-0.3, -0.25) is 0 Å². The monoisotopic (exact) mass is 402 g/mol. The van der Waals surface area contributed by atoms with Crippen LogP contribution in [0.15, 0.2) is 60.7 Å². The van der Waals surface area contributed by atoms with E-state index >= 15 is 0 Å². The van der Waals surface area contributed by atoms with Gasteiger partial charge in [-0.25, -0.2) is 0 Å². The number of rotatable bonds is 13. The summed E-state index contributed by atoms with van der Waals surface area (Å²) in [5.41, 5.74) is 2.04. The van der Waals surface area contributed by atoms with E-state index in [2.05, 4.69) is 0 Å². The molecular formula is C23H30O6. The van der Waals surface area contributed by atoms with E-state index in [0.29, 0.717) is 19.8 Å². The van der Waals surface area contributed by atoms with Crippen LogP contribution in [0.4, 0.5) is 0 Å². The van der Waals surface area contributed by atoms with E-state index in [0.717, 1.165) is 22.6 Å². The van der Waals surface area contributed by atoms with Gasteiger partial charge in [0.05, 0.1) is 52.9 Å². The molecule has 0 saturated carbocycles. The second-order valence-electron chi connectivity index (χ2n) is 6.61. The second-order valence-corrected chi connectivity index (χ2v) is 6.61. The highest BCUT2D eigenvalue weighted by Gasteiger charge is 2.10. The van der Waals surface area contributed by atoms with Crippen molar-refractivity contribution in [2.45, 2.75) is 31.8 Å². The van der Waals surface area contributed by atoms with Gasteiger partial charge in [0.15, 0.2) is 0 Å². The standard InChI is InChI=1S/C23H30O6/c1-26-22-9-5-18(6-10-22)15-28-13-3-4-20(24)14-21(25)17-29-16-19-7-11-23(27-2)12-8-19/h3-12,20-21,24-25H,13-17H2,1-2H3/b4-3-/t20-,21+/m1/s1. The van der Waals surface area contributed by atoms with E-state index in [1.165, 1.54) is 0 Å². The third kappa shape index (κ3) is 9.11. The summed E-state index contributed by atoms with van der Waals surface area (Å²) in [6.07, 6.45) is 2.09. The molecule has 0 fully saturated rings. The summed E-state index contributed by atoms with van der Waals surface area (Å²) in [5, 5.41) is 20.0. The number of aliphatic hydroxyl groups excluding tert-OH is 2. The molecule has 0 aromatic heterocycles. The number of hydrogen-bond acceptors (Lipinski definition) is 6. The zero-order chi connectivity index (χ0) is 20.9. The summed E-state index contributed by atoms with van der Waals surface area (Å²) < 4.78 is 21.3. The van der Waals surface area contributed by atoms with Crippen molar-refractivity contribution in [3.8, 4) is 11.5 Å². The molecule has 2 atom stereocenters. The lowest BCUT2D eigenvalue weighted by Crippen LogP contribution is -2.21. The van der Waals surface area contributed by atoms with E-state index in [1.54, 1.807) is 26.4 Å². The largest absolute Gasteiger partial charge is 0.497 e. The number of methoxy groups -OCH3 is 2. The van der Waals surface area contributed by atoms with E-state index in [9.17, 15) is 10.2 Å². The Kier molecular flexibility index (Phi) is 10.2. The Bertz CT molecular complexity index is 711. The maximum atomic E-state index is 9.99. The smallest absolute Gasteiger partial charge is 0.118 e. The number of aliphatic hydroxyl groups is 2. The maximum absolute atomic E-state index is 9.99. The number of ether oxygens (including phenoxy) is 4. The lowest BCUT2D eigenvalue weighted by Gasteiger charge is -2.13. The van der Waals surface area contributed by atoms with E-state index < -0.39 is 12.2 Å². The van der Waals surface area contributed by atoms with Gasteiger partial charge in [0.2, 0.25) is 0 Å². The van der Waals surface area contributed by atoms with Crippen LogP contribution in [-0.2, 0) is 22.7 Å². The fourth-order valence-corrected chi connectivity index (χ4v) is 2.64. The average molecular weight is 402 g/mol. The van der Waals surface area contributed by atoms with Crippen molar-refractivity contribution in [1.29, 1.82) is 0 Å². The molecule has 0 radical (unpaired) electrons. The third-order valence-corrected chi connectivity index (χ3v) is 4.25. The van der Waals surface area contributed by atoms with Crippen molar-refractivity contribution in [3.05, 3.63) is 71.8 Å². The molecule has 0 amide bonds. The molecule has 2 N–H and O–H groups in total. The predicted octanol–water partition coefficient (Wildman–Crippen LogP) is 3.11. The first-order valence-corrected chi connectivity index (χ1v) is 9.55. The van der Waals surface area contributed by atoms with Crippen LogP contribution in [0, 0.1) is 0 Å².